The zero-order valence-electron chi connectivity index (χ0n) is 13.7. The average molecular weight is 381 g/mol. The number of thiazole rings is 1. The van der Waals surface area contributed by atoms with E-state index in [9.17, 15) is 14.4 Å². The van der Waals surface area contributed by atoms with Gasteiger partial charge in [-0.05, 0) is 17.9 Å². The van der Waals surface area contributed by atoms with Gasteiger partial charge in [0.2, 0.25) is 0 Å². The number of imide groups is 1. The molecule has 0 unspecified atom stereocenters. The highest BCUT2D eigenvalue weighted by atomic mass is 32.1. The number of nitrogens with one attached hydrogen (secondary N) is 2. The summed E-state index contributed by atoms with van der Waals surface area (Å²) in [5.41, 5.74) is 0.594. The van der Waals surface area contributed by atoms with Crippen molar-refractivity contribution in [3.63, 3.8) is 0 Å². The summed E-state index contributed by atoms with van der Waals surface area (Å²) >= 11 is 3.03. The molecule has 2 N–H and O–H groups in total. The van der Waals surface area contributed by atoms with Crippen LogP contribution in [0.4, 0.5) is 4.79 Å². The fourth-order valence-corrected chi connectivity index (χ4v) is 3.47. The van der Waals surface area contributed by atoms with E-state index in [1.54, 1.807) is 16.7 Å². The predicted molar refractivity (Wildman–Crippen MR) is 96.5 cm³/mol. The first-order valence-corrected chi connectivity index (χ1v) is 9.56. The highest BCUT2D eigenvalue weighted by Crippen LogP contribution is 2.27. The second-order valence-corrected chi connectivity index (χ2v) is 6.92. The second kappa shape index (κ2) is 9.90. The van der Waals surface area contributed by atoms with E-state index >= 15 is 0 Å². The lowest BCUT2D eigenvalue weighted by Crippen LogP contribution is -2.41. The average Bonchev–Trinajstić information content (AvgIpc) is 3.24. The van der Waals surface area contributed by atoms with Crippen molar-refractivity contribution in [2.75, 3.05) is 13.2 Å². The molecule has 3 amide bonds. The minimum absolute atomic E-state index is 0.0160. The number of amides is 3. The van der Waals surface area contributed by atoms with Gasteiger partial charge in [0.15, 0.2) is 6.61 Å². The highest BCUT2D eigenvalue weighted by molar-refractivity contribution is 7.20. The van der Waals surface area contributed by atoms with Crippen molar-refractivity contribution >= 4 is 40.6 Å². The van der Waals surface area contributed by atoms with Crippen LogP contribution in [0.25, 0.3) is 9.88 Å². The van der Waals surface area contributed by atoms with Crippen LogP contribution in [-0.2, 0) is 20.7 Å². The van der Waals surface area contributed by atoms with Gasteiger partial charge < -0.3 is 10.1 Å². The number of ether oxygens (including phenoxy) is 1. The molecule has 0 aliphatic carbocycles. The van der Waals surface area contributed by atoms with Crippen LogP contribution in [0.1, 0.15) is 25.5 Å². The molecule has 0 saturated carbocycles. The molecule has 0 aromatic carbocycles. The molecule has 0 fully saturated rings. The summed E-state index contributed by atoms with van der Waals surface area (Å²) in [6.45, 7) is 1.99. The van der Waals surface area contributed by atoms with Crippen LogP contribution in [-0.4, -0.2) is 36.0 Å². The first-order chi connectivity index (χ1) is 12.1. The van der Waals surface area contributed by atoms with E-state index in [0.717, 1.165) is 22.7 Å². The molecule has 0 radical (unpaired) electrons. The Labute approximate surface area is 153 Å². The Hall–Kier alpha value is -2.26. The number of aromatic nitrogens is 1. The lowest BCUT2D eigenvalue weighted by molar-refractivity contribution is -0.147. The highest BCUT2D eigenvalue weighted by Gasteiger charge is 2.13. The summed E-state index contributed by atoms with van der Waals surface area (Å²) in [7, 11) is 0. The fourth-order valence-electron chi connectivity index (χ4n) is 1.83. The Kier molecular flexibility index (Phi) is 7.55. The van der Waals surface area contributed by atoms with E-state index in [1.165, 1.54) is 11.3 Å². The summed E-state index contributed by atoms with van der Waals surface area (Å²) in [6.07, 6.45) is 1.76. The molecule has 2 rings (SSSR count). The monoisotopic (exact) mass is 381 g/mol. The molecule has 0 aliphatic heterocycles. The van der Waals surface area contributed by atoms with Crippen molar-refractivity contribution in [3.8, 4) is 9.88 Å². The lowest BCUT2D eigenvalue weighted by atomic mass is 10.3. The number of nitrogens with zero attached hydrogens (tertiary/aromatic N) is 1. The van der Waals surface area contributed by atoms with Crippen molar-refractivity contribution < 1.29 is 19.1 Å². The summed E-state index contributed by atoms with van der Waals surface area (Å²) in [5.74, 6) is -1.23. The second-order valence-electron chi connectivity index (χ2n) is 5.12. The lowest BCUT2D eigenvalue weighted by Gasteiger charge is -2.06. The van der Waals surface area contributed by atoms with Crippen molar-refractivity contribution in [2.24, 2.45) is 0 Å². The molecular formula is C16H19N3O4S2. The summed E-state index contributed by atoms with van der Waals surface area (Å²) in [5, 5.41) is 9.24. The van der Waals surface area contributed by atoms with Gasteiger partial charge in [0.1, 0.15) is 5.01 Å². The Morgan fingerprint density at radius 1 is 1.28 bits per heavy atom. The quantitative estimate of drug-likeness (QED) is 0.541. The minimum atomic E-state index is -0.667. The predicted octanol–water partition coefficient (Wildman–Crippen LogP) is 2.58. The van der Waals surface area contributed by atoms with E-state index < -0.39 is 24.5 Å². The Balaban J connectivity index is 1.70. The zero-order valence-corrected chi connectivity index (χ0v) is 15.4. The van der Waals surface area contributed by atoms with Crippen molar-refractivity contribution in [2.45, 2.75) is 26.2 Å². The Morgan fingerprint density at radius 2 is 2.12 bits per heavy atom. The van der Waals surface area contributed by atoms with Gasteiger partial charge in [-0.1, -0.05) is 19.4 Å². The van der Waals surface area contributed by atoms with Gasteiger partial charge >= 0.3 is 12.0 Å². The Morgan fingerprint density at radius 3 is 2.84 bits per heavy atom. The fraction of sp³-hybridized carbons (Fsp3) is 0.375. The Bertz CT molecular complexity index is 713. The van der Waals surface area contributed by atoms with Gasteiger partial charge in [-0.2, -0.15) is 0 Å². The van der Waals surface area contributed by atoms with Crippen molar-refractivity contribution in [1.29, 1.82) is 0 Å². The molecule has 0 aliphatic rings. The molecule has 0 bridgehead atoms. The molecule has 0 spiro atoms. The number of carbonyl (C=O) groups excluding carboxylic acids is 3. The smallest absolute Gasteiger partial charge is 0.321 e. The summed E-state index contributed by atoms with van der Waals surface area (Å²) in [6, 6.07) is 3.31. The normalized spacial score (nSPS) is 10.3. The largest absolute Gasteiger partial charge is 0.455 e. The van der Waals surface area contributed by atoms with E-state index in [1.807, 2.05) is 24.4 Å². The number of hydrogen-bond donors (Lipinski definition) is 2. The molecule has 0 atom stereocenters. The first-order valence-electron chi connectivity index (χ1n) is 7.80. The molecular weight excluding hydrogens is 362 g/mol. The van der Waals surface area contributed by atoms with Crippen LogP contribution in [0.15, 0.2) is 22.9 Å². The third-order valence-electron chi connectivity index (χ3n) is 3.04. The van der Waals surface area contributed by atoms with Crippen molar-refractivity contribution in [3.05, 3.63) is 28.6 Å². The molecule has 7 nitrogen and oxygen atoms in total. The van der Waals surface area contributed by atoms with Crippen LogP contribution in [0.2, 0.25) is 0 Å². The number of carbonyl (C=O) groups is 3. The van der Waals surface area contributed by atoms with Crippen LogP contribution < -0.4 is 10.6 Å². The van der Waals surface area contributed by atoms with Crippen LogP contribution in [0.5, 0.6) is 0 Å². The maximum Gasteiger partial charge on any atom is 0.321 e. The molecule has 9 heteroatoms. The van der Waals surface area contributed by atoms with Gasteiger partial charge in [-0.3, -0.25) is 14.9 Å². The molecule has 134 valence electrons. The third kappa shape index (κ3) is 6.63. The van der Waals surface area contributed by atoms with Gasteiger partial charge in [0.05, 0.1) is 17.0 Å². The van der Waals surface area contributed by atoms with Gasteiger partial charge in [0, 0.05) is 11.9 Å². The number of thiophene rings is 1. The minimum Gasteiger partial charge on any atom is -0.455 e. The van der Waals surface area contributed by atoms with Crippen LogP contribution in [0, 0.1) is 0 Å². The molecule has 2 aromatic rings. The van der Waals surface area contributed by atoms with E-state index in [0.29, 0.717) is 12.2 Å². The van der Waals surface area contributed by atoms with Crippen LogP contribution >= 0.6 is 22.7 Å². The number of urea groups is 1. The van der Waals surface area contributed by atoms with E-state index in [-0.39, 0.29) is 6.42 Å². The van der Waals surface area contributed by atoms with E-state index in [4.69, 9.17) is 4.74 Å². The number of rotatable bonds is 8. The molecule has 25 heavy (non-hydrogen) atoms. The topological polar surface area (TPSA) is 97.4 Å². The van der Waals surface area contributed by atoms with Gasteiger partial charge in [0.25, 0.3) is 5.91 Å². The molecule has 2 heterocycles. The first kappa shape index (κ1) is 19.1. The van der Waals surface area contributed by atoms with Gasteiger partial charge in [-0.15, -0.1) is 22.7 Å². The zero-order chi connectivity index (χ0) is 18.1. The van der Waals surface area contributed by atoms with Crippen LogP contribution in [0.3, 0.4) is 0 Å². The van der Waals surface area contributed by atoms with E-state index in [2.05, 4.69) is 15.6 Å². The maximum atomic E-state index is 11.8. The summed E-state index contributed by atoms with van der Waals surface area (Å²) in [4.78, 5) is 40.1. The number of unbranched alkanes of at least 4 members (excludes halogenated alkanes) is 1. The van der Waals surface area contributed by atoms with Gasteiger partial charge in [-0.25, -0.2) is 9.78 Å². The molecule has 2 aromatic heterocycles. The maximum absolute atomic E-state index is 11.8. The molecule has 0 saturated heterocycles. The standard InChI is InChI=1S/C16H19N3O4S2/c1-2-3-6-17-16(22)19-13(20)9-23-14(21)8-11-10-25-15(18-11)12-5-4-7-24-12/h4-5,7,10H,2-3,6,8-9H2,1H3,(H2,17,19,20,22). The number of esters is 1. The SMILES string of the molecule is CCCCNC(=O)NC(=O)COC(=O)Cc1csc(-c2cccs2)n1. The third-order valence-corrected chi connectivity index (χ3v) is 4.97. The summed E-state index contributed by atoms with van der Waals surface area (Å²) < 4.78 is 4.87. The number of hydrogen-bond acceptors (Lipinski definition) is 7. The van der Waals surface area contributed by atoms with Crippen molar-refractivity contribution in [1.82, 2.24) is 15.6 Å².